The summed E-state index contributed by atoms with van der Waals surface area (Å²) in [5, 5.41) is 9.11. The SMILES string of the molecule is CCCCC/C=C/C(O)C(=O)OC. The number of unbranched alkanes of at least 4 members (excludes halogenated alkanes) is 3. The van der Waals surface area contributed by atoms with Crippen molar-refractivity contribution in [3.63, 3.8) is 0 Å². The summed E-state index contributed by atoms with van der Waals surface area (Å²) in [4.78, 5) is 10.7. The minimum atomic E-state index is -1.10. The molecule has 0 fully saturated rings. The highest BCUT2D eigenvalue weighted by molar-refractivity contribution is 5.76. The third-order valence-electron chi connectivity index (χ3n) is 1.74. The zero-order chi connectivity index (χ0) is 10.1. The van der Waals surface area contributed by atoms with Gasteiger partial charge in [-0.2, -0.15) is 0 Å². The van der Waals surface area contributed by atoms with Gasteiger partial charge in [-0.25, -0.2) is 4.79 Å². The largest absolute Gasteiger partial charge is 0.467 e. The van der Waals surface area contributed by atoms with Crippen LogP contribution in [0, 0.1) is 0 Å². The van der Waals surface area contributed by atoms with Gasteiger partial charge in [-0.3, -0.25) is 0 Å². The Morgan fingerprint density at radius 3 is 2.77 bits per heavy atom. The molecule has 0 saturated carbocycles. The molecule has 0 aromatic carbocycles. The van der Waals surface area contributed by atoms with Gasteiger partial charge >= 0.3 is 5.97 Å². The first-order chi connectivity index (χ1) is 6.22. The number of hydrogen-bond acceptors (Lipinski definition) is 3. The van der Waals surface area contributed by atoms with Gasteiger partial charge in [0.05, 0.1) is 7.11 Å². The van der Waals surface area contributed by atoms with E-state index in [0.717, 1.165) is 12.8 Å². The van der Waals surface area contributed by atoms with Crippen LogP contribution in [0.3, 0.4) is 0 Å². The van der Waals surface area contributed by atoms with E-state index in [1.165, 1.54) is 26.0 Å². The second kappa shape index (κ2) is 7.80. The molecule has 3 heteroatoms. The first-order valence-corrected chi connectivity index (χ1v) is 4.65. The lowest BCUT2D eigenvalue weighted by Gasteiger charge is -2.01. The Bertz CT molecular complexity index is 164. The molecule has 0 bridgehead atoms. The molecule has 0 aromatic rings. The Morgan fingerprint density at radius 2 is 2.23 bits per heavy atom. The maximum atomic E-state index is 10.7. The molecular formula is C10H18O3. The van der Waals surface area contributed by atoms with Crippen molar-refractivity contribution >= 4 is 5.97 Å². The molecule has 1 unspecified atom stereocenters. The van der Waals surface area contributed by atoms with Crippen LogP contribution in [0.25, 0.3) is 0 Å². The molecule has 1 N–H and O–H groups in total. The van der Waals surface area contributed by atoms with Gasteiger partial charge in [0.2, 0.25) is 0 Å². The third kappa shape index (κ3) is 6.34. The average molecular weight is 186 g/mol. The number of carbonyl (C=O) groups is 1. The molecule has 0 aromatic heterocycles. The number of hydrogen-bond donors (Lipinski definition) is 1. The van der Waals surface area contributed by atoms with Crippen molar-refractivity contribution in [2.24, 2.45) is 0 Å². The van der Waals surface area contributed by atoms with Crippen molar-refractivity contribution in [3.8, 4) is 0 Å². The standard InChI is InChI=1S/C10H18O3/c1-3-4-5-6-7-8-9(11)10(12)13-2/h7-9,11H,3-6H2,1-2H3/b8-7+. The molecule has 3 nitrogen and oxygen atoms in total. The summed E-state index contributed by atoms with van der Waals surface area (Å²) >= 11 is 0. The zero-order valence-corrected chi connectivity index (χ0v) is 8.32. The van der Waals surface area contributed by atoms with E-state index in [1.54, 1.807) is 0 Å². The Labute approximate surface area is 79.4 Å². The summed E-state index contributed by atoms with van der Waals surface area (Å²) in [6.07, 6.45) is 6.54. The fourth-order valence-corrected chi connectivity index (χ4v) is 0.937. The van der Waals surface area contributed by atoms with E-state index in [4.69, 9.17) is 5.11 Å². The summed E-state index contributed by atoms with van der Waals surface area (Å²) in [5.74, 6) is -0.605. The Kier molecular flexibility index (Phi) is 7.30. The molecule has 0 aliphatic rings. The van der Waals surface area contributed by atoms with E-state index in [9.17, 15) is 4.79 Å². The highest BCUT2D eigenvalue weighted by Crippen LogP contribution is 2.00. The van der Waals surface area contributed by atoms with Crippen LogP contribution >= 0.6 is 0 Å². The molecule has 0 aliphatic heterocycles. The Morgan fingerprint density at radius 1 is 1.54 bits per heavy atom. The number of carbonyl (C=O) groups excluding carboxylic acids is 1. The number of esters is 1. The maximum absolute atomic E-state index is 10.7. The first kappa shape index (κ1) is 12.2. The molecule has 0 rings (SSSR count). The second-order valence-electron chi connectivity index (χ2n) is 2.89. The minimum Gasteiger partial charge on any atom is -0.467 e. The Hall–Kier alpha value is -0.830. The predicted molar refractivity (Wildman–Crippen MR) is 51.3 cm³/mol. The topological polar surface area (TPSA) is 46.5 Å². The summed E-state index contributed by atoms with van der Waals surface area (Å²) in [5.41, 5.74) is 0. The smallest absolute Gasteiger partial charge is 0.338 e. The van der Waals surface area contributed by atoms with E-state index in [-0.39, 0.29) is 0 Å². The number of allylic oxidation sites excluding steroid dienone is 1. The zero-order valence-electron chi connectivity index (χ0n) is 8.32. The fraction of sp³-hybridized carbons (Fsp3) is 0.700. The molecule has 13 heavy (non-hydrogen) atoms. The van der Waals surface area contributed by atoms with Crippen LogP contribution in [0.4, 0.5) is 0 Å². The first-order valence-electron chi connectivity index (χ1n) is 4.65. The minimum absolute atomic E-state index is 0.605. The molecule has 1 atom stereocenters. The molecule has 0 spiro atoms. The number of methoxy groups -OCH3 is 1. The molecule has 0 radical (unpaired) electrons. The second-order valence-corrected chi connectivity index (χ2v) is 2.89. The van der Waals surface area contributed by atoms with Gasteiger partial charge in [-0.1, -0.05) is 25.8 Å². The maximum Gasteiger partial charge on any atom is 0.338 e. The van der Waals surface area contributed by atoms with Crippen LogP contribution in [-0.4, -0.2) is 24.3 Å². The average Bonchev–Trinajstić information content (AvgIpc) is 2.16. The molecule has 0 saturated heterocycles. The molecule has 0 heterocycles. The highest BCUT2D eigenvalue weighted by atomic mass is 16.5. The number of aliphatic hydroxyl groups is 1. The normalized spacial score (nSPS) is 13.2. The van der Waals surface area contributed by atoms with Crippen molar-refractivity contribution in [3.05, 3.63) is 12.2 Å². The van der Waals surface area contributed by atoms with E-state index < -0.39 is 12.1 Å². The van der Waals surface area contributed by atoms with E-state index in [0.29, 0.717) is 0 Å². The summed E-state index contributed by atoms with van der Waals surface area (Å²) in [6, 6.07) is 0. The number of aliphatic hydroxyl groups excluding tert-OH is 1. The Balaban J connectivity index is 3.53. The van der Waals surface area contributed by atoms with Gasteiger partial charge in [-0.15, -0.1) is 0 Å². The summed E-state index contributed by atoms with van der Waals surface area (Å²) < 4.78 is 4.35. The van der Waals surface area contributed by atoms with Gasteiger partial charge in [0.25, 0.3) is 0 Å². The van der Waals surface area contributed by atoms with Crippen molar-refractivity contribution in [1.82, 2.24) is 0 Å². The third-order valence-corrected chi connectivity index (χ3v) is 1.74. The van der Waals surface area contributed by atoms with Crippen LogP contribution in [0.15, 0.2) is 12.2 Å². The van der Waals surface area contributed by atoms with E-state index in [1.807, 2.05) is 6.08 Å². The van der Waals surface area contributed by atoms with Crippen LogP contribution in [-0.2, 0) is 9.53 Å². The van der Waals surface area contributed by atoms with Gasteiger partial charge in [0, 0.05) is 0 Å². The predicted octanol–water partition coefficient (Wildman–Crippen LogP) is 1.66. The van der Waals surface area contributed by atoms with Crippen molar-refractivity contribution in [1.29, 1.82) is 0 Å². The van der Waals surface area contributed by atoms with Crippen LogP contribution in [0.5, 0.6) is 0 Å². The van der Waals surface area contributed by atoms with E-state index in [2.05, 4.69) is 11.7 Å². The molecule has 0 amide bonds. The quantitative estimate of drug-likeness (QED) is 0.390. The van der Waals surface area contributed by atoms with E-state index >= 15 is 0 Å². The van der Waals surface area contributed by atoms with Crippen molar-refractivity contribution in [2.75, 3.05) is 7.11 Å². The molecule has 76 valence electrons. The van der Waals surface area contributed by atoms with Gasteiger partial charge in [0.15, 0.2) is 6.10 Å². The molecular weight excluding hydrogens is 168 g/mol. The number of ether oxygens (including phenoxy) is 1. The highest BCUT2D eigenvalue weighted by Gasteiger charge is 2.09. The van der Waals surface area contributed by atoms with Gasteiger partial charge < -0.3 is 9.84 Å². The van der Waals surface area contributed by atoms with Crippen molar-refractivity contribution < 1.29 is 14.6 Å². The molecule has 0 aliphatic carbocycles. The van der Waals surface area contributed by atoms with Crippen molar-refractivity contribution in [2.45, 2.75) is 38.7 Å². The van der Waals surface area contributed by atoms with Gasteiger partial charge in [0.1, 0.15) is 0 Å². The van der Waals surface area contributed by atoms with Gasteiger partial charge in [-0.05, 0) is 18.9 Å². The lowest BCUT2D eigenvalue weighted by Crippen LogP contribution is -2.18. The summed E-state index contributed by atoms with van der Waals surface area (Å²) in [7, 11) is 1.26. The lowest BCUT2D eigenvalue weighted by atomic mass is 10.2. The number of rotatable bonds is 6. The fourth-order valence-electron chi connectivity index (χ4n) is 0.937. The van der Waals surface area contributed by atoms with Crippen LogP contribution in [0.1, 0.15) is 32.6 Å². The summed E-state index contributed by atoms with van der Waals surface area (Å²) in [6.45, 7) is 2.13. The van der Waals surface area contributed by atoms with Crippen LogP contribution in [0.2, 0.25) is 0 Å². The van der Waals surface area contributed by atoms with Crippen LogP contribution < -0.4 is 0 Å². The monoisotopic (exact) mass is 186 g/mol. The lowest BCUT2D eigenvalue weighted by molar-refractivity contribution is -0.147.